The Morgan fingerprint density at radius 1 is 1.37 bits per heavy atom. The Balaban J connectivity index is 1.99. The van der Waals surface area contributed by atoms with E-state index in [1.54, 1.807) is 6.07 Å². The maximum Gasteiger partial charge on any atom is 0.240 e. The first-order chi connectivity index (χ1) is 9.19. The van der Waals surface area contributed by atoms with Crippen LogP contribution in [0.3, 0.4) is 0 Å². The number of nitrogens with zero attached hydrogens (tertiary/aromatic N) is 1. The molecule has 2 N–H and O–H groups in total. The van der Waals surface area contributed by atoms with E-state index >= 15 is 0 Å². The van der Waals surface area contributed by atoms with Gasteiger partial charge in [0.05, 0.1) is 12.3 Å². The number of pyridine rings is 1. The highest BCUT2D eigenvalue weighted by atomic mass is 16.5. The Bertz CT molecular complexity index is 409. The molecule has 2 atom stereocenters. The normalized spacial score (nSPS) is 23.1. The van der Waals surface area contributed by atoms with E-state index in [-0.39, 0.29) is 6.10 Å². The molecule has 0 radical (unpaired) electrons. The van der Waals surface area contributed by atoms with Gasteiger partial charge in [0, 0.05) is 6.07 Å². The molecule has 0 amide bonds. The fourth-order valence-electron chi connectivity index (χ4n) is 2.47. The quantitative estimate of drug-likeness (QED) is 0.885. The zero-order valence-electron chi connectivity index (χ0n) is 11.9. The summed E-state index contributed by atoms with van der Waals surface area (Å²) >= 11 is 0. The molecule has 106 valence electrons. The van der Waals surface area contributed by atoms with Crippen molar-refractivity contribution < 1.29 is 9.47 Å². The first-order valence-electron chi connectivity index (χ1n) is 7.25. The van der Waals surface area contributed by atoms with Crippen molar-refractivity contribution in [3.05, 3.63) is 12.1 Å². The summed E-state index contributed by atoms with van der Waals surface area (Å²) in [6.07, 6.45) is 5.98. The van der Waals surface area contributed by atoms with Crippen LogP contribution in [0, 0.1) is 5.92 Å². The van der Waals surface area contributed by atoms with Gasteiger partial charge in [-0.05, 0) is 37.7 Å². The van der Waals surface area contributed by atoms with Crippen LogP contribution in [-0.2, 0) is 0 Å². The average Bonchev–Trinajstić information content (AvgIpc) is 2.39. The molecule has 0 saturated heterocycles. The molecule has 0 aliphatic heterocycles. The molecular weight excluding hydrogens is 240 g/mol. The van der Waals surface area contributed by atoms with E-state index in [1.807, 2.05) is 6.07 Å². The summed E-state index contributed by atoms with van der Waals surface area (Å²) in [6.45, 7) is 4.96. The fourth-order valence-corrected chi connectivity index (χ4v) is 2.47. The SMILES string of the molecule is CCCOc1nc(OC2CCCC(C)C2)ccc1N. The van der Waals surface area contributed by atoms with Crippen LogP contribution in [0.25, 0.3) is 0 Å². The van der Waals surface area contributed by atoms with Crippen molar-refractivity contribution in [3.63, 3.8) is 0 Å². The zero-order chi connectivity index (χ0) is 13.7. The highest BCUT2D eigenvalue weighted by Crippen LogP contribution is 2.28. The third kappa shape index (κ3) is 4.01. The Morgan fingerprint density at radius 2 is 2.21 bits per heavy atom. The van der Waals surface area contributed by atoms with Crippen LogP contribution in [-0.4, -0.2) is 17.7 Å². The second-order valence-electron chi connectivity index (χ2n) is 5.40. The van der Waals surface area contributed by atoms with Crippen molar-refractivity contribution in [2.45, 2.75) is 52.1 Å². The average molecular weight is 264 g/mol. The van der Waals surface area contributed by atoms with Crippen molar-refractivity contribution >= 4 is 5.69 Å². The van der Waals surface area contributed by atoms with Gasteiger partial charge in [-0.15, -0.1) is 0 Å². The van der Waals surface area contributed by atoms with Gasteiger partial charge in [-0.1, -0.05) is 20.3 Å². The molecule has 1 aliphatic rings. The lowest BCUT2D eigenvalue weighted by molar-refractivity contribution is 0.122. The number of hydrogen-bond acceptors (Lipinski definition) is 4. The molecule has 1 aromatic heterocycles. The first kappa shape index (κ1) is 14.0. The number of aromatic nitrogens is 1. The summed E-state index contributed by atoms with van der Waals surface area (Å²) in [5.74, 6) is 1.85. The topological polar surface area (TPSA) is 57.4 Å². The van der Waals surface area contributed by atoms with Crippen molar-refractivity contribution in [2.24, 2.45) is 5.92 Å². The van der Waals surface area contributed by atoms with E-state index in [1.165, 1.54) is 12.8 Å². The van der Waals surface area contributed by atoms with Gasteiger partial charge in [0.25, 0.3) is 0 Å². The molecule has 4 heteroatoms. The van der Waals surface area contributed by atoms with Gasteiger partial charge in [-0.25, -0.2) is 0 Å². The van der Waals surface area contributed by atoms with Gasteiger partial charge in [0.1, 0.15) is 6.10 Å². The maximum atomic E-state index is 5.95. The maximum absolute atomic E-state index is 5.95. The molecular formula is C15H24N2O2. The second kappa shape index (κ2) is 6.64. The number of nitrogen functional groups attached to an aromatic ring is 1. The smallest absolute Gasteiger partial charge is 0.240 e. The highest BCUT2D eigenvalue weighted by molar-refractivity contribution is 5.49. The third-order valence-corrected chi connectivity index (χ3v) is 3.48. The predicted molar refractivity (Wildman–Crippen MR) is 76.5 cm³/mol. The Kier molecular flexibility index (Phi) is 4.88. The van der Waals surface area contributed by atoms with E-state index < -0.39 is 0 Å². The lowest BCUT2D eigenvalue weighted by Gasteiger charge is -2.27. The summed E-state index contributed by atoms with van der Waals surface area (Å²) in [5, 5.41) is 0. The molecule has 1 heterocycles. The Morgan fingerprint density at radius 3 is 2.95 bits per heavy atom. The fraction of sp³-hybridized carbons (Fsp3) is 0.667. The van der Waals surface area contributed by atoms with Gasteiger partial charge in [0.15, 0.2) is 0 Å². The van der Waals surface area contributed by atoms with E-state index in [2.05, 4.69) is 18.8 Å². The molecule has 0 spiro atoms. The minimum atomic E-state index is 0.277. The highest BCUT2D eigenvalue weighted by Gasteiger charge is 2.21. The van der Waals surface area contributed by atoms with E-state index in [9.17, 15) is 0 Å². The molecule has 1 aromatic rings. The van der Waals surface area contributed by atoms with Gasteiger partial charge in [-0.3, -0.25) is 0 Å². The summed E-state index contributed by atoms with van der Waals surface area (Å²) in [7, 11) is 0. The van der Waals surface area contributed by atoms with Crippen molar-refractivity contribution in [2.75, 3.05) is 12.3 Å². The van der Waals surface area contributed by atoms with Gasteiger partial charge >= 0.3 is 0 Å². The second-order valence-corrected chi connectivity index (χ2v) is 5.40. The molecule has 2 rings (SSSR count). The minimum absolute atomic E-state index is 0.277. The summed E-state index contributed by atoms with van der Waals surface area (Å²) in [5.41, 5.74) is 6.41. The van der Waals surface area contributed by atoms with Crippen LogP contribution in [0.2, 0.25) is 0 Å². The number of anilines is 1. The lowest BCUT2D eigenvalue weighted by atomic mass is 9.89. The van der Waals surface area contributed by atoms with E-state index in [4.69, 9.17) is 15.2 Å². The third-order valence-electron chi connectivity index (χ3n) is 3.48. The molecule has 2 unspecified atom stereocenters. The number of rotatable bonds is 5. The van der Waals surface area contributed by atoms with Crippen molar-refractivity contribution in [3.8, 4) is 11.8 Å². The van der Waals surface area contributed by atoms with Crippen LogP contribution in [0.15, 0.2) is 12.1 Å². The Hall–Kier alpha value is -1.45. The van der Waals surface area contributed by atoms with Gasteiger partial charge in [-0.2, -0.15) is 4.98 Å². The molecule has 1 saturated carbocycles. The van der Waals surface area contributed by atoms with Crippen molar-refractivity contribution in [1.29, 1.82) is 0 Å². The molecule has 1 fully saturated rings. The van der Waals surface area contributed by atoms with Crippen LogP contribution in [0.1, 0.15) is 46.0 Å². The van der Waals surface area contributed by atoms with Crippen LogP contribution >= 0.6 is 0 Å². The molecule has 1 aliphatic carbocycles. The van der Waals surface area contributed by atoms with Crippen LogP contribution in [0.4, 0.5) is 5.69 Å². The van der Waals surface area contributed by atoms with E-state index in [0.717, 1.165) is 25.2 Å². The Labute approximate surface area is 115 Å². The summed E-state index contributed by atoms with van der Waals surface area (Å²) in [6, 6.07) is 3.63. The number of ether oxygens (including phenoxy) is 2. The van der Waals surface area contributed by atoms with Crippen LogP contribution in [0.5, 0.6) is 11.8 Å². The van der Waals surface area contributed by atoms with Gasteiger partial charge in [0.2, 0.25) is 11.8 Å². The standard InChI is InChI=1S/C15H24N2O2/c1-3-9-18-15-13(16)7-8-14(17-15)19-12-6-4-5-11(2)10-12/h7-8,11-12H,3-6,9-10,16H2,1-2H3. The van der Waals surface area contributed by atoms with Gasteiger partial charge < -0.3 is 15.2 Å². The predicted octanol–water partition coefficient (Wildman–Crippen LogP) is 3.41. The number of hydrogen-bond donors (Lipinski definition) is 1. The summed E-state index contributed by atoms with van der Waals surface area (Å²) < 4.78 is 11.5. The molecule has 0 bridgehead atoms. The van der Waals surface area contributed by atoms with Crippen LogP contribution < -0.4 is 15.2 Å². The minimum Gasteiger partial charge on any atom is -0.476 e. The van der Waals surface area contributed by atoms with Crippen molar-refractivity contribution in [1.82, 2.24) is 4.98 Å². The number of nitrogens with two attached hydrogens (primary N) is 1. The summed E-state index contributed by atoms with van der Waals surface area (Å²) in [4.78, 5) is 4.36. The molecule has 0 aromatic carbocycles. The zero-order valence-corrected chi connectivity index (χ0v) is 11.9. The largest absolute Gasteiger partial charge is 0.476 e. The molecule has 4 nitrogen and oxygen atoms in total. The van der Waals surface area contributed by atoms with E-state index in [0.29, 0.717) is 24.1 Å². The first-order valence-corrected chi connectivity index (χ1v) is 7.25. The molecule has 19 heavy (non-hydrogen) atoms. The monoisotopic (exact) mass is 264 g/mol. The lowest BCUT2D eigenvalue weighted by Crippen LogP contribution is -2.24.